The van der Waals surface area contributed by atoms with Gasteiger partial charge in [-0.25, -0.2) is 0 Å². The van der Waals surface area contributed by atoms with E-state index in [0.717, 1.165) is 22.3 Å². The maximum atomic E-state index is 10.9. The van der Waals surface area contributed by atoms with Gasteiger partial charge in [-0.2, -0.15) is 0 Å². The summed E-state index contributed by atoms with van der Waals surface area (Å²) in [5, 5.41) is 7.03. The summed E-state index contributed by atoms with van der Waals surface area (Å²) in [5.74, 6) is 1.56. The monoisotopic (exact) mass is 277 g/mol. The van der Waals surface area contributed by atoms with Gasteiger partial charge >= 0.3 is 0 Å². The fraction of sp³-hybridized carbons (Fsp3) is 0.429. The molecule has 0 spiro atoms. The Hall–Kier alpha value is -1.49. The van der Waals surface area contributed by atoms with Crippen LogP contribution in [-0.4, -0.2) is 22.9 Å². The van der Waals surface area contributed by atoms with Crippen molar-refractivity contribution >= 4 is 34.2 Å². The lowest BCUT2D eigenvalue weighted by molar-refractivity contribution is -0.114. The van der Waals surface area contributed by atoms with Crippen LogP contribution in [0.4, 0.5) is 11.4 Å². The first-order valence-electron chi connectivity index (χ1n) is 6.40. The molecule has 1 aromatic rings. The Morgan fingerprint density at radius 1 is 1.32 bits per heavy atom. The van der Waals surface area contributed by atoms with Gasteiger partial charge in [0.25, 0.3) is 0 Å². The zero-order chi connectivity index (χ0) is 13.8. The fourth-order valence-electron chi connectivity index (χ4n) is 1.76. The summed E-state index contributed by atoms with van der Waals surface area (Å²) < 4.78 is 0. The highest BCUT2D eigenvalue weighted by Gasteiger charge is 2.20. The van der Waals surface area contributed by atoms with E-state index in [0.29, 0.717) is 12.0 Å². The number of hydrogen-bond donors (Lipinski definition) is 2. The molecule has 2 N–H and O–H groups in total. The third-order valence-corrected chi connectivity index (χ3v) is 3.89. The van der Waals surface area contributed by atoms with Crippen LogP contribution in [0.25, 0.3) is 0 Å². The van der Waals surface area contributed by atoms with Crippen molar-refractivity contribution in [3.8, 4) is 0 Å². The number of benzene rings is 1. The van der Waals surface area contributed by atoms with Crippen LogP contribution in [-0.2, 0) is 4.79 Å². The number of amides is 1. The van der Waals surface area contributed by atoms with Crippen LogP contribution >= 0.6 is 11.8 Å². The molecule has 0 saturated heterocycles. The molecule has 2 rings (SSSR count). The second-order valence-corrected chi connectivity index (χ2v) is 5.95. The predicted octanol–water partition coefficient (Wildman–Crippen LogP) is 3.18. The van der Waals surface area contributed by atoms with Crippen LogP contribution in [0.2, 0.25) is 0 Å². The van der Waals surface area contributed by atoms with Gasteiger partial charge in [-0.05, 0) is 30.2 Å². The van der Waals surface area contributed by atoms with Crippen molar-refractivity contribution in [3.63, 3.8) is 0 Å². The summed E-state index contributed by atoms with van der Waals surface area (Å²) in [7, 11) is 0. The number of rotatable bonds is 3. The first kappa shape index (κ1) is 13.9. The number of amidine groups is 1. The number of nitrogens with zero attached hydrogens (tertiary/aromatic N) is 1. The van der Waals surface area contributed by atoms with Crippen molar-refractivity contribution in [2.45, 2.75) is 26.8 Å². The van der Waals surface area contributed by atoms with Gasteiger partial charge < -0.3 is 10.6 Å². The van der Waals surface area contributed by atoms with E-state index in [9.17, 15) is 4.79 Å². The van der Waals surface area contributed by atoms with Gasteiger partial charge in [0.2, 0.25) is 5.91 Å². The van der Waals surface area contributed by atoms with Gasteiger partial charge in [0.1, 0.15) is 0 Å². The molecular formula is C14H19N3OS. The molecule has 1 atom stereocenters. The SMILES string of the molecule is CC(=O)Nc1ccc(NC2=NC(C(C)C)CS2)cc1. The van der Waals surface area contributed by atoms with Gasteiger partial charge in [0, 0.05) is 24.1 Å². The Balaban J connectivity index is 1.97. The smallest absolute Gasteiger partial charge is 0.221 e. The number of thioether (sulfide) groups is 1. The zero-order valence-corrected chi connectivity index (χ0v) is 12.3. The lowest BCUT2D eigenvalue weighted by Crippen LogP contribution is -2.12. The molecule has 102 valence electrons. The van der Waals surface area contributed by atoms with Crippen molar-refractivity contribution < 1.29 is 4.79 Å². The lowest BCUT2D eigenvalue weighted by atomic mass is 10.1. The maximum absolute atomic E-state index is 10.9. The number of anilines is 2. The molecule has 0 bridgehead atoms. The first-order valence-corrected chi connectivity index (χ1v) is 7.38. The highest BCUT2D eigenvalue weighted by atomic mass is 32.2. The summed E-state index contributed by atoms with van der Waals surface area (Å²) in [6, 6.07) is 8.05. The van der Waals surface area contributed by atoms with Crippen LogP contribution in [0.3, 0.4) is 0 Å². The van der Waals surface area contributed by atoms with Crippen molar-refractivity contribution in [1.82, 2.24) is 0 Å². The average Bonchev–Trinajstić information content (AvgIpc) is 2.80. The van der Waals surface area contributed by atoms with Crippen molar-refractivity contribution in [2.75, 3.05) is 16.4 Å². The fourth-order valence-corrected chi connectivity index (χ4v) is 2.95. The third-order valence-electron chi connectivity index (χ3n) is 2.90. The zero-order valence-electron chi connectivity index (χ0n) is 11.4. The number of hydrogen-bond acceptors (Lipinski definition) is 4. The normalized spacial score (nSPS) is 18.3. The lowest BCUT2D eigenvalue weighted by Gasteiger charge is -2.08. The largest absolute Gasteiger partial charge is 0.335 e. The third kappa shape index (κ3) is 3.99. The molecule has 0 aliphatic carbocycles. The molecule has 1 aromatic carbocycles. The maximum Gasteiger partial charge on any atom is 0.221 e. The summed E-state index contributed by atoms with van der Waals surface area (Å²) in [4.78, 5) is 15.6. The molecule has 1 heterocycles. The van der Waals surface area contributed by atoms with Gasteiger partial charge in [-0.3, -0.25) is 9.79 Å². The summed E-state index contributed by atoms with van der Waals surface area (Å²) in [5.41, 5.74) is 1.80. The van der Waals surface area contributed by atoms with E-state index in [1.54, 1.807) is 11.8 Å². The van der Waals surface area contributed by atoms with E-state index in [2.05, 4.69) is 29.5 Å². The summed E-state index contributed by atoms with van der Waals surface area (Å²) in [6.07, 6.45) is 0. The van der Waals surface area contributed by atoms with E-state index in [1.807, 2.05) is 24.3 Å². The van der Waals surface area contributed by atoms with E-state index >= 15 is 0 Å². The van der Waals surface area contributed by atoms with E-state index in [-0.39, 0.29) is 5.91 Å². The second-order valence-electron chi connectivity index (χ2n) is 4.94. The van der Waals surface area contributed by atoms with Crippen molar-refractivity contribution in [1.29, 1.82) is 0 Å². The topological polar surface area (TPSA) is 53.5 Å². The van der Waals surface area contributed by atoms with E-state index in [4.69, 9.17) is 0 Å². The van der Waals surface area contributed by atoms with Crippen molar-refractivity contribution in [2.24, 2.45) is 10.9 Å². The highest BCUT2D eigenvalue weighted by Crippen LogP contribution is 2.24. The van der Waals surface area contributed by atoms with Crippen LogP contribution < -0.4 is 10.6 Å². The molecule has 0 radical (unpaired) electrons. The van der Waals surface area contributed by atoms with E-state index < -0.39 is 0 Å². The minimum absolute atomic E-state index is 0.0591. The Labute approximate surface area is 118 Å². The molecule has 0 saturated carbocycles. The molecule has 1 aliphatic heterocycles. The molecule has 19 heavy (non-hydrogen) atoms. The Kier molecular flexibility index (Phi) is 4.47. The van der Waals surface area contributed by atoms with Crippen molar-refractivity contribution in [3.05, 3.63) is 24.3 Å². The number of carbonyl (C=O) groups is 1. The predicted molar refractivity (Wildman–Crippen MR) is 82.9 cm³/mol. The Morgan fingerprint density at radius 3 is 2.47 bits per heavy atom. The van der Waals surface area contributed by atoms with Crippen LogP contribution in [0, 0.1) is 5.92 Å². The average molecular weight is 277 g/mol. The quantitative estimate of drug-likeness (QED) is 0.892. The molecule has 0 aromatic heterocycles. The Bertz CT molecular complexity index is 482. The molecule has 5 heteroatoms. The molecule has 4 nitrogen and oxygen atoms in total. The van der Waals surface area contributed by atoms with Gasteiger partial charge in [0.15, 0.2) is 5.17 Å². The highest BCUT2D eigenvalue weighted by molar-refractivity contribution is 8.14. The summed E-state index contributed by atoms with van der Waals surface area (Å²) in [6.45, 7) is 5.89. The van der Waals surface area contributed by atoms with Crippen LogP contribution in [0.1, 0.15) is 20.8 Å². The second kappa shape index (κ2) is 6.10. The van der Waals surface area contributed by atoms with E-state index in [1.165, 1.54) is 6.92 Å². The minimum atomic E-state index is -0.0591. The number of nitrogens with one attached hydrogen (secondary N) is 2. The molecule has 1 amide bonds. The molecule has 1 unspecified atom stereocenters. The van der Waals surface area contributed by atoms with Gasteiger partial charge in [-0.15, -0.1) is 0 Å². The standard InChI is InChI=1S/C14H19N3OS/c1-9(2)13-8-19-14(17-13)16-12-6-4-11(5-7-12)15-10(3)18/h4-7,9,13H,8H2,1-3H3,(H,15,18)(H,16,17). The van der Waals surface area contributed by atoms with Gasteiger partial charge in [0.05, 0.1) is 6.04 Å². The molecule has 0 fully saturated rings. The van der Waals surface area contributed by atoms with Gasteiger partial charge in [-0.1, -0.05) is 25.6 Å². The van der Waals surface area contributed by atoms with Crippen LogP contribution in [0.5, 0.6) is 0 Å². The number of aliphatic imine (C=N–C) groups is 1. The number of carbonyl (C=O) groups excluding carboxylic acids is 1. The Morgan fingerprint density at radius 2 is 1.95 bits per heavy atom. The molecule has 1 aliphatic rings. The van der Waals surface area contributed by atoms with Crippen LogP contribution in [0.15, 0.2) is 29.3 Å². The summed E-state index contributed by atoms with van der Waals surface area (Å²) >= 11 is 1.76. The first-order chi connectivity index (χ1) is 9.04. The molecular weight excluding hydrogens is 258 g/mol. The minimum Gasteiger partial charge on any atom is -0.335 e.